The van der Waals surface area contributed by atoms with E-state index in [9.17, 15) is 18.0 Å². The van der Waals surface area contributed by atoms with E-state index in [0.29, 0.717) is 6.61 Å². The molecule has 2 atom stereocenters. The first kappa shape index (κ1) is 27.5. The second kappa shape index (κ2) is 16.3. The summed E-state index contributed by atoms with van der Waals surface area (Å²) in [6.07, 6.45) is 6.04. The number of hydrogen-bond donors (Lipinski definition) is 3. The van der Waals surface area contributed by atoms with Crippen molar-refractivity contribution < 1.29 is 37.3 Å². The molecule has 0 spiro atoms. The number of carboxylic acid groups (broad SMARTS) is 1. The van der Waals surface area contributed by atoms with E-state index in [-0.39, 0.29) is 18.2 Å². The summed E-state index contributed by atoms with van der Waals surface area (Å²) in [5, 5.41) is 13.2. The number of amides is 1. The molecule has 0 aromatic rings. The third kappa shape index (κ3) is 15.0. The number of carboxylic acids is 1. The molecule has 7 nitrogen and oxygen atoms in total. The maximum absolute atomic E-state index is 11.7. The maximum Gasteiger partial charge on any atom is 0.490 e. The van der Waals surface area contributed by atoms with Crippen LogP contribution in [0, 0.1) is 0 Å². The van der Waals surface area contributed by atoms with Crippen LogP contribution in [0.4, 0.5) is 18.0 Å². The SMILES string of the molecule is CCCCCCCCCCCOC(=O)N[C@H]1CNC[C@@H]1OC.O=C(O)C(F)(F)F. The highest BCUT2D eigenvalue weighted by Crippen LogP contribution is 2.13. The van der Waals surface area contributed by atoms with Gasteiger partial charge in [0, 0.05) is 20.2 Å². The molecule has 10 heteroatoms. The van der Waals surface area contributed by atoms with Crippen molar-refractivity contribution >= 4 is 12.1 Å². The number of aliphatic carboxylic acids is 1. The fourth-order valence-electron chi connectivity index (χ4n) is 2.82. The Labute approximate surface area is 170 Å². The van der Waals surface area contributed by atoms with Gasteiger partial charge >= 0.3 is 18.2 Å². The highest BCUT2D eigenvalue weighted by molar-refractivity contribution is 5.73. The number of unbranched alkanes of at least 4 members (excludes halogenated alkanes) is 8. The molecule has 1 aliphatic heterocycles. The van der Waals surface area contributed by atoms with Gasteiger partial charge in [-0.15, -0.1) is 0 Å². The minimum atomic E-state index is -5.08. The molecule has 0 unspecified atom stereocenters. The fraction of sp³-hybridized carbons (Fsp3) is 0.895. The summed E-state index contributed by atoms with van der Waals surface area (Å²) in [5.74, 6) is -2.76. The second-order valence-corrected chi connectivity index (χ2v) is 6.95. The van der Waals surface area contributed by atoms with Crippen LogP contribution in [-0.2, 0) is 14.3 Å². The molecule has 1 aliphatic rings. The average molecular weight is 428 g/mol. The Bertz CT molecular complexity index is 450. The highest BCUT2D eigenvalue weighted by atomic mass is 19.4. The fourth-order valence-corrected chi connectivity index (χ4v) is 2.82. The van der Waals surface area contributed by atoms with E-state index in [4.69, 9.17) is 19.4 Å². The molecule has 0 aromatic heterocycles. The van der Waals surface area contributed by atoms with Crippen LogP contribution in [0.15, 0.2) is 0 Å². The van der Waals surface area contributed by atoms with Crippen LogP contribution in [0.1, 0.15) is 64.7 Å². The minimum Gasteiger partial charge on any atom is -0.475 e. The molecule has 1 fully saturated rings. The number of methoxy groups -OCH3 is 1. The molecule has 29 heavy (non-hydrogen) atoms. The van der Waals surface area contributed by atoms with Crippen molar-refractivity contribution in [2.45, 2.75) is 83.0 Å². The third-order valence-electron chi connectivity index (χ3n) is 4.49. The number of rotatable bonds is 12. The van der Waals surface area contributed by atoms with Crippen molar-refractivity contribution in [2.24, 2.45) is 0 Å². The van der Waals surface area contributed by atoms with E-state index in [1.165, 1.54) is 44.9 Å². The molecule has 0 bridgehead atoms. The van der Waals surface area contributed by atoms with Gasteiger partial charge in [-0.2, -0.15) is 13.2 Å². The molecule has 0 aliphatic carbocycles. The van der Waals surface area contributed by atoms with Gasteiger partial charge in [0.15, 0.2) is 0 Å². The average Bonchev–Trinajstić information content (AvgIpc) is 3.10. The largest absolute Gasteiger partial charge is 0.490 e. The summed E-state index contributed by atoms with van der Waals surface area (Å²) < 4.78 is 42.3. The lowest BCUT2D eigenvalue weighted by Crippen LogP contribution is -2.43. The lowest BCUT2D eigenvalue weighted by Gasteiger charge is -2.18. The summed E-state index contributed by atoms with van der Waals surface area (Å²) >= 11 is 0. The summed E-state index contributed by atoms with van der Waals surface area (Å²) in [4.78, 5) is 20.6. The molecule has 0 saturated carbocycles. The minimum absolute atomic E-state index is 0.0145. The van der Waals surface area contributed by atoms with Crippen LogP contribution in [0.2, 0.25) is 0 Å². The van der Waals surface area contributed by atoms with Gasteiger partial charge in [-0.1, -0.05) is 58.3 Å². The number of carbonyl (C=O) groups is 2. The number of halogens is 3. The normalized spacial score (nSPS) is 18.7. The number of alkyl halides is 3. The number of ether oxygens (including phenoxy) is 2. The van der Waals surface area contributed by atoms with Crippen molar-refractivity contribution in [1.29, 1.82) is 0 Å². The van der Waals surface area contributed by atoms with Crippen molar-refractivity contribution in [3.8, 4) is 0 Å². The first-order chi connectivity index (χ1) is 13.7. The lowest BCUT2D eigenvalue weighted by atomic mass is 10.1. The van der Waals surface area contributed by atoms with Gasteiger partial charge in [0.2, 0.25) is 0 Å². The quantitative estimate of drug-likeness (QED) is 0.409. The van der Waals surface area contributed by atoms with Crippen molar-refractivity contribution in [2.75, 3.05) is 26.8 Å². The summed E-state index contributed by atoms with van der Waals surface area (Å²) in [7, 11) is 1.67. The zero-order valence-electron chi connectivity index (χ0n) is 17.4. The van der Waals surface area contributed by atoms with Gasteiger partial charge in [0.05, 0.1) is 18.8 Å². The Kier molecular flexibility index (Phi) is 15.4. The molecule has 1 heterocycles. The van der Waals surface area contributed by atoms with Gasteiger partial charge in [-0.3, -0.25) is 0 Å². The summed E-state index contributed by atoms with van der Waals surface area (Å²) in [6, 6.07) is 0.0145. The highest BCUT2D eigenvalue weighted by Gasteiger charge is 2.38. The first-order valence-corrected chi connectivity index (χ1v) is 10.2. The number of alkyl carbamates (subject to hydrolysis) is 1. The molecular weight excluding hydrogens is 393 g/mol. The van der Waals surface area contributed by atoms with Crippen LogP contribution in [0.3, 0.4) is 0 Å². The van der Waals surface area contributed by atoms with Crippen molar-refractivity contribution in [3.05, 3.63) is 0 Å². The number of carbonyl (C=O) groups excluding carboxylic acids is 1. The number of hydrogen-bond acceptors (Lipinski definition) is 5. The molecule has 1 amide bonds. The monoisotopic (exact) mass is 428 g/mol. The third-order valence-corrected chi connectivity index (χ3v) is 4.49. The molecule has 1 rings (SSSR count). The maximum atomic E-state index is 11.7. The predicted octanol–water partition coefficient (Wildman–Crippen LogP) is 3.86. The van der Waals surface area contributed by atoms with E-state index in [2.05, 4.69) is 17.6 Å². The molecule has 3 N–H and O–H groups in total. The van der Waals surface area contributed by atoms with Crippen LogP contribution >= 0.6 is 0 Å². The van der Waals surface area contributed by atoms with E-state index in [1.807, 2.05) is 0 Å². The van der Waals surface area contributed by atoms with E-state index >= 15 is 0 Å². The summed E-state index contributed by atoms with van der Waals surface area (Å²) in [5.41, 5.74) is 0. The molecule has 1 saturated heterocycles. The van der Waals surface area contributed by atoms with Gasteiger partial charge in [0.1, 0.15) is 0 Å². The van der Waals surface area contributed by atoms with Gasteiger partial charge < -0.3 is 25.2 Å². The van der Waals surface area contributed by atoms with Crippen LogP contribution in [0.5, 0.6) is 0 Å². The van der Waals surface area contributed by atoms with Gasteiger partial charge in [0.25, 0.3) is 0 Å². The predicted molar refractivity (Wildman–Crippen MR) is 103 cm³/mol. The zero-order chi connectivity index (χ0) is 22.1. The smallest absolute Gasteiger partial charge is 0.475 e. The molecule has 172 valence electrons. The molecular formula is C19H35F3N2O5. The lowest BCUT2D eigenvalue weighted by molar-refractivity contribution is -0.192. The Morgan fingerprint density at radius 3 is 2.03 bits per heavy atom. The standard InChI is InChI=1S/C17H34N2O3.C2HF3O2/c1-3-4-5-6-7-8-9-10-11-12-22-17(20)19-15-13-18-14-16(15)21-2;3-2(4,5)1(6)7/h15-16,18H,3-14H2,1-2H3,(H,19,20);(H,6,7)/t15-,16-;/m0./s1. The van der Waals surface area contributed by atoms with Crippen molar-refractivity contribution in [3.63, 3.8) is 0 Å². The van der Waals surface area contributed by atoms with Crippen LogP contribution in [0.25, 0.3) is 0 Å². The first-order valence-electron chi connectivity index (χ1n) is 10.2. The zero-order valence-corrected chi connectivity index (χ0v) is 17.4. The Hall–Kier alpha value is -1.55. The van der Waals surface area contributed by atoms with Crippen molar-refractivity contribution in [1.82, 2.24) is 10.6 Å². The van der Waals surface area contributed by atoms with Gasteiger partial charge in [-0.25, -0.2) is 9.59 Å². The van der Waals surface area contributed by atoms with E-state index in [0.717, 1.165) is 25.9 Å². The topological polar surface area (TPSA) is 96.9 Å². The Morgan fingerprint density at radius 2 is 1.55 bits per heavy atom. The Morgan fingerprint density at radius 1 is 1.03 bits per heavy atom. The molecule has 0 aromatic carbocycles. The van der Waals surface area contributed by atoms with E-state index < -0.39 is 12.1 Å². The van der Waals surface area contributed by atoms with Crippen LogP contribution < -0.4 is 10.6 Å². The van der Waals surface area contributed by atoms with E-state index in [1.54, 1.807) is 7.11 Å². The Balaban J connectivity index is 0.000000956. The van der Waals surface area contributed by atoms with Gasteiger partial charge in [-0.05, 0) is 6.42 Å². The summed E-state index contributed by atoms with van der Waals surface area (Å²) in [6.45, 7) is 4.28. The number of nitrogens with one attached hydrogen (secondary N) is 2. The molecule has 0 radical (unpaired) electrons. The van der Waals surface area contributed by atoms with Crippen LogP contribution in [-0.4, -0.2) is 62.3 Å². The second-order valence-electron chi connectivity index (χ2n) is 6.95.